The fraction of sp³-hybridized carbons (Fsp3) is 0.611. The van der Waals surface area contributed by atoms with Crippen LogP contribution in [-0.2, 0) is 4.79 Å². The van der Waals surface area contributed by atoms with Crippen LogP contribution in [0.2, 0.25) is 0 Å². The number of rotatable bonds is 3. The fourth-order valence-corrected chi connectivity index (χ4v) is 6.12. The zero-order valence-corrected chi connectivity index (χ0v) is 15.0. The number of benzene rings is 1. The Labute approximate surface area is 140 Å². The number of carbonyl (C=O) groups excluding carboxylic acids is 1. The molecule has 2 atom stereocenters. The molecule has 0 radical (unpaired) electrons. The van der Waals surface area contributed by atoms with Gasteiger partial charge in [0.05, 0.1) is 18.7 Å². The van der Waals surface area contributed by atoms with E-state index in [9.17, 15) is 4.79 Å². The van der Waals surface area contributed by atoms with Crippen molar-refractivity contribution in [1.82, 2.24) is 0 Å². The van der Waals surface area contributed by atoms with Gasteiger partial charge in [0.1, 0.15) is 23.9 Å². The van der Waals surface area contributed by atoms with Crippen LogP contribution < -0.4 is 9.80 Å². The molecule has 0 aromatic heterocycles. The zero-order chi connectivity index (χ0) is 15.5. The Hall–Kier alpha value is -0.710. The lowest BCUT2D eigenvalue weighted by atomic mass is 9.59. The third-order valence-electron chi connectivity index (χ3n) is 6.12. The highest BCUT2D eigenvalue weighted by Crippen LogP contribution is 2.39. The van der Waals surface area contributed by atoms with Gasteiger partial charge in [-0.1, -0.05) is 35.3 Å². The predicted molar refractivity (Wildman–Crippen MR) is 88.7 cm³/mol. The lowest BCUT2D eigenvalue weighted by Crippen LogP contribution is -3.41. The van der Waals surface area contributed by atoms with Gasteiger partial charge in [-0.2, -0.15) is 0 Å². The Balaban J connectivity index is 1.73. The first kappa shape index (κ1) is 14.9. The van der Waals surface area contributed by atoms with Gasteiger partial charge in [-0.15, -0.1) is 0 Å². The van der Waals surface area contributed by atoms with E-state index in [0.717, 1.165) is 43.5 Å². The molecular formula is C18H25BrN2O+2. The van der Waals surface area contributed by atoms with Crippen molar-refractivity contribution >= 4 is 21.7 Å². The van der Waals surface area contributed by atoms with Crippen LogP contribution in [0.25, 0.3) is 0 Å². The van der Waals surface area contributed by atoms with Gasteiger partial charge in [0.25, 0.3) is 0 Å². The molecule has 3 nitrogen and oxygen atoms in total. The molecule has 4 heteroatoms. The van der Waals surface area contributed by atoms with Crippen molar-refractivity contribution < 1.29 is 14.6 Å². The molecule has 4 heterocycles. The molecule has 22 heavy (non-hydrogen) atoms. The first-order valence-corrected chi connectivity index (χ1v) is 9.26. The number of Topliss-reactive ketones (excluding diaryl/α,β-unsaturated/α-hetero) is 1. The molecule has 4 aliphatic heterocycles. The highest BCUT2D eigenvalue weighted by atomic mass is 79.9. The smallest absolute Gasteiger partial charge is 0.240 e. The SMILES string of the molecule is CCCC12C[NH+]3CC(C)(C[NH+](C1)C3c1cccc(Br)c1)C2=O. The average molecular weight is 365 g/mol. The van der Waals surface area contributed by atoms with Gasteiger partial charge in [0.15, 0.2) is 5.78 Å². The van der Waals surface area contributed by atoms with Crippen molar-refractivity contribution in [1.29, 1.82) is 0 Å². The highest BCUT2D eigenvalue weighted by Gasteiger charge is 2.69. The van der Waals surface area contributed by atoms with Crippen molar-refractivity contribution in [3.63, 3.8) is 0 Å². The zero-order valence-electron chi connectivity index (χ0n) is 13.4. The van der Waals surface area contributed by atoms with E-state index < -0.39 is 0 Å². The maximum absolute atomic E-state index is 13.1. The molecule has 1 aromatic rings. The van der Waals surface area contributed by atoms with Crippen LogP contribution >= 0.6 is 15.9 Å². The third kappa shape index (κ3) is 1.97. The van der Waals surface area contributed by atoms with Gasteiger partial charge < -0.3 is 0 Å². The third-order valence-corrected chi connectivity index (χ3v) is 6.62. The van der Waals surface area contributed by atoms with Gasteiger partial charge in [0, 0.05) is 4.47 Å². The normalized spacial score (nSPS) is 42.9. The van der Waals surface area contributed by atoms with Crippen molar-refractivity contribution in [3.8, 4) is 0 Å². The van der Waals surface area contributed by atoms with Crippen molar-refractivity contribution in [3.05, 3.63) is 34.3 Å². The van der Waals surface area contributed by atoms with Crippen molar-refractivity contribution in [2.24, 2.45) is 10.8 Å². The summed E-state index contributed by atoms with van der Waals surface area (Å²) in [7, 11) is 0. The minimum atomic E-state index is -0.0984. The Morgan fingerprint density at radius 3 is 2.50 bits per heavy atom. The molecular weight excluding hydrogens is 340 g/mol. The second kappa shape index (κ2) is 4.89. The van der Waals surface area contributed by atoms with Crippen molar-refractivity contribution in [2.75, 3.05) is 26.2 Å². The van der Waals surface area contributed by atoms with Crippen LogP contribution in [-0.4, -0.2) is 32.0 Å². The van der Waals surface area contributed by atoms with Crippen LogP contribution in [0.3, 0.4) is 0 Å². The Kier molecular flexibility index (Phi) is 3.30. The largest absolute Gasteiger partial charge is 0.297 e. The van der Waals surface area contributed by atoms with Gasteiger partial charge in [-0.3, -0.25) is 14.6 Å². The minimum Gasteiger partial charge on any atom is -0.297 e. The number of quaternary nitrogens is 2. The second-order valence-electron chi connectivity index (χ2n) is 7.93. The highest BCUT2D eigenvalue weighted by molar-refractivity contribution is 9.10. The molecule has 4 bridgehead atoms. The van der Waals surface area contributed by atoms with E-state index in [4.69, 9.17) is 0 Å². The number of halogens is 1. The Morgan fingerprint density at radius 2 is 1.91 bits per heavy atom. The van der Waals surface area contributed by atoms with E-state index in [0.29, 0.717) is 11.9 Å². The first-order chi connectivity index (χ1) is 10.5. The summed E-state index contributed by atoms with van der Waals surface area (Å²) in [4.78, 5) is 16.3. The molecule has 118 valence electrons. The van der Waals surface area contributed by atoms with Crippen molar-refractivity contribution in [2.45, 2.75) is 32.9 Å². The standard InChI is InChI=1S/C18H23BrN2O/c1-3-7-18-11-20-9-17(2,16(18)22)10-21(12-18)15(20)13-5-4-6-14(19)8-13/h4-6,8,15H,3,7,9-12H2,1-2H3/p+2. The molecule has 2 N–H and O–H groups in total. The molecule has 0 spiro atoms. The quantitative estimate of drug-likeness (QED) is 0.807. The van der Waals surface area contributed by atoms with E-state index in [2.05, 4.69) is 54.0 Å². The summed E-state index contributed by atoms with van der Waals surface area (Å²) < 4.78 is 1.16. The lowest BCUT2D eigenvalue weighted by Gasteiger charge is -2.59. The summed E-state index contributed by atoms with van der Waals surface area (Å²) in [5.41, 5.74) is 1.27. The summed E-state index contributed by atoms with van der Waals surface area (Å²) in [6.45, 7) is 8.53. The van der Waals surface area contributed by atoms with E-state index in [1.165, 1.54) is 5.56 Å². The second-order valence-corrected chi connectivity index (χ2v) is 8.85. The van der Waals surface area contributed by atoms with Gasteiger partial charge >= 0.3 is 0 Å². The van der Waals surface area contributed by atoms with Crippen LogP contribution in [0.4, 0.5) is 0 Å². The van der Waals surface area contributed by atoms with Gasteiger partial charge in [-0.05, 0) is 31.5 Å². The average Bonchev–Trinajstić information content (AvgIpc) is 2.44. The minimum absolute atomic E-state index is 0.0484. The number of ketones is 1. The summed E-state index contributed by atoms with van der Waals surface area (Å²) in [5, 5.41) is 0. The number of piperidine rings is 2. The summed E-state index contributed by atoms with van der Waals surface area (Å²) >= 11 is 3.61. The molecule has 0 saturated carbocycles. The van der Waals surface area contributed by atoms with Crippen LogP contribution in [0, 0.1) is 10.8 Å². The molecule has 2 unspecified atom stereocenters. The Morgan fingerprint density at radius 1 is 1.23 bits per heavy atom. The van der Waals surface area contributed by atoms with Crippen LogP contribution in [0.1, 0.15) is 38.4 Å². The molecule has 4 fully saturated rings. The van der Waals surface area contributed by atoms with E-state index >= 15 is 0 Å². The summed E-state index contributed by atoms with van der Waals surface area (Å²) in [6, 6.07) is 8.76. The van der Waals surface area contributed by atoms with Gasteiger partial charge in [0.2, 0.25) is 6.17 Å². The maximum atomic E-state index is 13.1. The topological polar surface area (TPSA) is 26.0 Å². The molecule has 5 rings (SSSR count). The van der Waals surface area contributed by atoms with Crippen LogP contribution in [0.15, 0.2) is 28.7 Å². The van der Waals surface area contributed by atoms with Gasteiger partial charge in [-0.25, -0.2) is 0 Å². The fourth-order valence-electron chi connectivity index (χ4n) is 5.71. The van der Waals surface area contributed by atoms with E-state index in [-0.39, 0.29) is 10.8 Å². The lowest BCUT2D eigenvalue weighted by molar-refractivity contribution is -1.18. The Bertz CT molecular complexity index is 613. The molecule has 0 amide bonds. The monoisotopic (exact) mass is 364 g/mol. The molecule has 0 aliphatic carbocycles. The molecule has 4 saturated heterocycles. The molecule has 4 aliphatic rings. The maximum Gasteiger partial charge on any atom is 0.240 e. The predicted octanol–water partition coefficient (Wildman–Crippen LogP) is 0.620. The number of hydrogen-bond donors (Lipinski definition) is 2. The number of carbonyl (C=O) groups is 1. The molecule has 1 aromatic carbocycles. The summed E-state index contributed by atoms with van der Waals surface area (Å²) in [5.74, 6) is 0.571. The van der Waals surface area contributed by atoms with E-state index in [1.54, 1.807) is 9.80 Å². The number of nitrogens with one attached hydrogen (secondary N) is 2. The summed E-state index contributed by atoms with van der Waals surface area (Å²) in [6.07, 6.45) is 2.69. The first-order valence-electron chi connectivity index (χ1n) is 8.47. The number of hydrogen-bond acceptors (Lipinski definition) is 1. The van der Waals surface area contributed by atoms with Crippen LogP contribution in [0.5, 0.6) is 0 Å². The van der Waals surface area contributed by atoms with E-state index in [1.807, 2.05) is 0 Å².